The number of nitrogens with one attached hydrogen (secondary N) is 3. The fourth-order valence-electron chi connectivity index (χ4n) is 6.21. The van der Waals surface area contributed by atoms with Gasteiger partial charge in [-0.25, -0.2) is 14.4 Å². The highest BCUT2D eigenvalue weighted by molar-refractivity contribution is 5.93. The quantitative estimate of drug-likeness (QED) is 0.0987. The summed E-state index contributed by atoms with van der Waals surface area (Å²) in [5, 5.41) is 18.6. The lowest BCUT2D eigenvalue weighted by molar-refractivity contribution is -0.290. The normalized spacial score (nSPS) is 19.2. The molecule has 5 aromatic rings. The summed E-state index contributed by atoms with van der Waals surface area (Å²) in [6.45, 7) is 1.32. The number of ether oxygens (including phenoxy) is 5. The van der Waals surface area contributed by atoms with E-state index in [1.54, 1.807) is 42.5 Å². The van der Waals surface area contributed by atoms with E-state index in [2.05, 4.69) is 16.0 Å². The first-order valence-corrected chi connectivity index (χ1v) is 17.5. The molecule has 1 heterocycles. The van der Waals surface area contributed by atoms with Gasteiger partial charge in [0.15, 0.2) is 24.6 Å². The first-order valence-electron chi connectivity index (χ1n) is 17.5. The number of aliphatic hydroxyl groups is 1. The van der Waals surface area contributed by atoms with Crippen LogP contribution in [0.2, 0.25) is 0 Å². The van der Waals surface area contributed by atoms with Crippen molar-refractivity contribution in [2.75, 3.05) is 29.7 Å². The second kappa shape index (κ2) is 18.0. The Morgan fingerprint density at radius 3 is 1.65 bits per heavy atom. The zero-order valence-corrected chi connectivity index (χ0v) is 29.7. The SMILES string of the molecule is CCc1cccc(NC(=O)O[C@H]2[C@H](OC(=O)Nc3ccccc3-c3ccccc3)[C@@H](OC(=O)Nc3ccccc3-c3ccccc3)[C@H](OC)O[C@H]2CO)c1. The first kappa shape index (κ1) is 37.5. The number of anilines is 3. The van der Waals surface area contributed by atoms with Gasteiger partial charge in [-0.2, -0.15) is 0 Å². The Bertz CT molecular complexity index is 2030. The average Bonchev–Trinajstić information content (AvgIpc) is 3.20. The van der Waals surface area contributed by atoms with E-state index in [1.165, 1.54) is 7.11 Å². The molecule has 1 aliphatic rings. The van der Waals surface area contributed by atoms with Crippen LogP contribution in [-0.4, -0.2) is 67.8 Å². The van der Waals surface area contributed by atoms with Gasteiger partial charge in [-0.1, -0.05) is 116 Å². The van der Waals surface area contributed by atoms with Gasteiger partial charge in [0.25, 0.3) is 0 Å². The Kier molecular flexibility index (Phi) is 12.5. The fraction of sp³-hybridized carbons (Fsp3) is 0.214. The number of para-hydroxylation sites is 2. The molecule has 0 radical (unpaired) electrons. The summed E-state index contributed by atoms with van der Waals surface area (Å²) in [6.07, 6.45) is -9.17. The van der Waals surface area contributed by atoms with Crippen LogP contribution >= 0.6 is 0 Å². The lowest BCUT2D eigenvalue weighted by Crippen LogP contribution is -2.63. The molecule has 0 unspecified atom stereocenters. The smallest absolute Gasteiger partial charge is 0.412 e. The van der Waals surface area contributed by atoms with E-state index in [9.17, 15) is 19.5 Å². The van der Waals surface area contributed by atoms with E-state index in [-0.39, 0.29) is 0 Å². The van der Waals surface area contributed by atoms with Crippen LogP contribution in [0.25, 0.3) is 22.3 Å². The summed E-state index contributed by atoms with van der Waals surface area (Å²) >= 11 is 0. The minimum atomic E-state index is -1.53. The standard InChI is InChI=1S/C42H41N3O9/c1-3-27-15-14-20-30(25-27)43-40(47)52-36-35(26-46)51-39(50-2)38(54-42(49)45-34-24-13-11-22-32(34)29-18-8-5-9-19-29)37(36)53-41(48)44-33-23-12-10-21-31(33)28-16-6-4-7-17-28/h4-25,35-39,46H,3,26H2,1-2H3,(H,43,47)(H,44,48)(H,45,49)/t35-,36+,37-,38+,39+/m0/s1. The predicted molar refractivity (Wildman–Crippen MR) is 204 cm³/mol. The summed E-state index contributed by atoms with van der Waals surface area (Å²) in [7, 11) is 1.31. The molecule has 0 aromatic heterocycles. The number of benzene rings is 5. The maximum atomic E-state index is 13.8. The zero-order valence-electron chi connectivity index (χ0n) is 29.7. The van der Waals surface area contributed by atoms with Crippen molar-refractivity contribution in [3.05, 3.63) is 139 Å². The number of amides is 3. The molecule has 3 amide bonds. The fourth-order valence-corrected chi connectivity index (χ4v) is 6.21. The predicted octanol–water partition coefficient (Wildman–Crippen LogP) is 8.10. The molecule has 12 heteroatoms. The lowest BCUT2D eigenvalue weighted by Gasteiger charge is -2.43. The van der Waals surface area contributed by atoms with Crippen LogP contribution < -0.4 is 16.0 Å². The van der Waals surface area contributed by atoms with E-state index in [1.807, 2.05) is 97.9 Å². The highest BCUT2D eigenvalue weighted by atomic mass is 16.7. The van der Waals surface area contributed by atoms with Gasteiger partial charge >= 0.3 is 18.3 Å². The van der Waals surface area contributed by atoms with Gasteiger partial charge in [-0.05, 0) is 47.4 Å². The maximum Gasteiger partial charge on any atom is 0.412 e. The van der Waals surface area contributed by atoms with Crippen LogP contribution in [0, 0.1) is 0 Å². The van der Waals surface area contributed by atoms with Gasteiger partial charge in [-0.15, -0.1) is 0 Å². The van der Waals surface area contributed by atoms with Crippen LogP contribution in [0.3, 0.4) is 0 Å². The van der Waals surface area contributed by atoms with E-state index < -0.39 is 55.6 Å². The number of carbonyl (C=O) groups excluding carboxylic acids is 3. The Balaban J connectivity index is 1.29. The van der Waals surface area contributed by atoms with E-state index in [4.69, 9.17) is 23.7 Å². The molecular formula is C42H41N3O9. The molecule has 0 saturated carbocycles. The second-order valence-electron chi connectivity index (χ2n) is 12.3. The maximum absolute atomic E-state index is 13.8. The molecule has 0 spiro atoms. The Labute approximate surface area is 313 Å². The summed E-state index contributed by atoms with van der Waals surface area (Å²) < 4.78 is 29.2. The Morgan fingerprint density at radius 2 is 1.11 bits per heavy atom. The molecule has 5 aromatic carbocycles. The number of aliphatic hydroxyl groups excluding tert-OH is 1. The third kappa shape index (κ3) is 9.22. The van der Waals surface area contributed by atoms with Gasteiger partial charge in [0.2, 0.25) is 0 Å². The van der Waals surface area contributed by atoms with E-state index in [0.29, 0.717) is 17.1 Å². The summed E-state index contributed by atoms with van der Waals surface area (Å²) in [6, 6.07) is 40.4. The van der Waals surface area contributed by atoms with Gasteiger partial charge in [0.1, 0.15) is 6.10 Å². The minimum absolute atomic E-state index is 0.432. The zero-order chi connectivity index (χ0) is 37.9. The average molecular weight is 732 g/mol. The monoisotopic (exact) mass is 731 g/mol. The molecule has 12 nitrogen and oxygen atoms in total. The minimum Gasteiger partial charge on any atom is -0.439 e. The molecule has 6 rings (SSSR count). The van der Waals surface area contributed by atoms with Crippen molar-refractivity contribution in [1.29, 1.82) is 0 Å². The van der Waals surface area contributed by atoms with Crippen LogP contribution in [0.5, 0.6) is 0 Å². The van der Waals surface area contributed by atoms with Crippen molar-refractivity contribution in [3.63, 3.8) is 0 Å². The van der Waals surface area contributed by atoms with Gasteiger partial charge in [0, 0.05) is 23.9 Å². The third-order valence-corrected chi connectivity index (χ3v) is 8.81. The van der Waals surface area contributed by atoms with Crippen molar-refractivity contribution >= 4 is 35.3 Å². The van der Waals surface area contributed by atoms with Crippen molar-refractivity contribution in [1.82, 2.24) is 0 Å². The van der Waals surface area contributed by atoms with E-state index >= 15 is 0 Å². The van der Waals surface area contributed by atoms with Crippen LogP contribution in [0.15, 0.2) is 133 Å². The highest BCUT2D eigenvalue weighted by Crippen LogP contribution is 2.33. The van der Waals surface area contributed by atoms with Crippen molar-refractivity contribution in [2.24, 2.45) is 0 Å². The molecule has 1 fully saturated rings. The molecule has 5 atom stereocenters. The molecule has 0 bridgehead atoms. The number of carbonyl (C=O) groups is 3. The van der Waals surface area contributed by atoms with E-state index in [0.717, 1.165) is 34.2 Å². The molecule has 278 valence electrons. The number of methoxy groups -OCH3 is 1. The van der Waals surface area contributed by atoms with Crippen LogP contribution in [-0.2, 0) is 30.1 Å². The van der Waals surface area contributed by atoms with Gasteiger partial charge in [-0.3, -0.25) is 16.0 Å². The lowest BCUT2D eigenvalue weighted by atomic mass is 9.98. The van der Waals surface area contributed by atoms with Gasteiger partial charge < -0.3 is 28.8 Å². The molecule has 4 N–H and O–H groups in total. The number of hydrogen-bond donors (Lipinski definition) is 4. The molecular weight excluding hydrogens is 690 g/mol. The summed E-state index contributed by atoms with van der Waals surface area (Å²) in [5.74, 6) is 0. The van der Waals surface area contributed by atoms with Crippen molar-refractivity contribution < 1.29 is 43.2 Å². The highest BCUT2D eigenvalue weighted by Gasteiger charge is 2.53. The van der Waals surface area contributed by atoms with Crippen LogP contribution in [0.4, 0.5) is 31.4 Å². The van der Waals surface area contributed by atoms with Crippen LogP contribution in [0.1, 0.15) is 12.5 Å². The largest absolute Gasteiger partial charge is 0.439 e. The number of aryl methyl sites for hydroxylation is 1. The molecule has 0 aliphatic carbocycles. The molecule has 1 saturated heterocycles. The van der Waals surface area contributed by atoms with Gasteiger partial charge in [0.05, 0.1) is 18.0 Å². The summed E-state index contributed by atoms with van der Waals surface area (Å²) in [5.41, 5.74) is 5.47. The third-order valence-electron chi connectivity index (χ3n) is 8.81. The number of rotatable bonds is 11. The Hall–Kier alpha value is -6.21. The summed E-state index contributed by atoms with van der Waals surface area (Å²) in [4.78, 5) is 40.8. The Morgan fingerprint density at radius 1 is 0.611 bits per heavy atom. The second-order valence-corrected chi connectivity index (χ2v) is 12.3. The topological polar surface area (TPSA) is 154 Å². The van der Waals surface area contributed by atoms with Crippen molar-refractivity contribution in [2.45, 2.75) is 44.1 Å². The molecule has 1 aliphatic heterocycles. The molecule has 54 heavy (non-hydrogen) atoms. The van der Waals surface area contributed by atoms with Crippen molar-refractivity contribution in [3.8, 4) is 22.3 Å². The first-order chi connectivity index (χ1) is 26.4. The number of hydrogen-bond acceptors (Lipinski definition) is 9.